The van der Waals surface area contributed by atoms with Crippen molar-refractivity contribution >= 4 is 149 Å². The van der Waals surface area contributed by atoms with Gasteiger partial charge in [-0.2, -0.15) is 0 Å². The second-order valence-electron chi connectivity index (χ2n) is 15.5. The topological polar surface area (TPSA) is 310 Å². The van der Waals surface area contributed by atoms with Gasteiger partial charge in [0, 0.05) is 69.1 Å². The molecule has 0 unspecified atom stereocenters. The van der Waals surface area contributed by atoms with Crippen molar-refractivity contribution in [1.29, 1.82) is 0 Å². The van der Waals surface area contributed by atoms with Crippen molar-refractivity contribution in [3.63, 3.8) is 0 Å². The molecule has 5 aliphatic carbocycles. The number of nitrogens with zero attached hydrogens (tertiary/aromatic N) is 3. The summed E-state index contributed by atoms with van der Waals surface area (Å²) in [6, 6.07) is -0.529. The number of halogens is 5. The van der Waals surface area contributed by atoms with E-state index in [-0.39, 0.29) is 101 Å². The van der Waals surface area contributed by atoms with Crippen LogP contribution in [0.1, 0.15) is 96.3 Å². The molecule has 0 atom stereocenters. The molecule has 1 spiro atoms. The van der Waals surface area contributed by atoms with Crippen LogP contribution in [0.2, 0.25) is 0 Å². The number of carboxylic acids is 1. The number of carboxylic acid groups (broad SMARTS) is 1. The zero-order chi connectivity index (χ0) is 49.6. The summed E-state index contributed by atoms with van der Waals surface area (Å²) in [5.74, 6) is -3.60. The molecule has 0 radical (unpaired) electrons. The summed E-state index contributed by atoms with van der Waals surface area (Å²) in [5, 5.41) is 36.9. The van der Waals surface area contributed by atoms with Crippen LogP contribution in [0.15, 0.2) is 0 Å². The molecule has 5 aliphatic rings. The average molecular weight is 1520 g/mol. The fourth-order valence-electron chi connectivity index (χ4n) is 7.79. The van der Waals surface area contributed by atoms with E-state index < -0.39 is 47.0 Å². The Bertz CT molecular complexity index is 1560. The fraction of sp³-hybridized carbons (Fsp3) is 0.806. The number of hydrogen-bond donors (Lipinski definition) is 3. The summed E-state index contributed by atoms with van der Waals surface area (Å²) in [6.45, 7) is 0. The number of nitro groups is 1. The summed E-state index contributed by atoms with van der Waals surface area (Å²) in [7, 11) is 6.96. The van der Waals surface area contributed by atoms with Crippen LogP contribution in [0.25, 0.3) is 0 Å². The van der Waals surface area contributed by atoms with Crippen LogP contribution in [0.3, 0.4) is 0 Å². The summed E-state index contributed by atoms with van der Waals surface area (Å²) >= 11 is 11.7. The number of carbonyl (C=O) groups excluding carboxylic acids is 6. The van der Waals surface area contributed by atoms with E-state index in [0.29, 0.717) is 40.9 Å². The van der Waals surface area contributed by atoms with Crippen LogP contribution in [0, 0.1) is 49.0 Å². The minimum atomic E-state index is -1.06. The number of Topliss-reactive ketones (excluding diaryl/α,β-unsaturated/α-hetero) is 1. The Morgan fingerprint density at radius 1 is 0.688 bits per heavy atom. The molecule has 5 rings (SSSR count). The van der Waals surface area contributed by atoms with Crippen molar-refractivity contribution in [2.24, 2.45) is 29.1 Å². The Morgan fingerprint density at radius 2 is 1.03 bits per heavy atom. The predicted molar refractivity (Wildman–Crippen MR) is 259 cm³/mol. The first-order chi connectivity index (χ1) is 29.8. The van der Waals surface area contributed by atoms with Crippen LogP contribution in [0.5, 0.6) is 0 Å². The van der Waals surface area contributed by atoms with Gasteiger partial charge in [-0.1, -0.05) is 67.8 Å². The number of rotatable bonds is 13. The van der Waals surface area contributed by atoms with Gasteiger partial charge in [0.2, 0.25) is 15.9 Å². The monoisotopic (exact) mass is 1520 g/mol. The second-order valence-corrected chi connectivity index (χ2v) is 38.2. The van der Waals surface area contributed by atoms with Crippen LogP contribution in [-0.4, -0.2) is 124 Å². The molecule has 0 aromatic rings. The third-order valence-electron chi connectivity index (χ3n) is 11.6. The van der Waals surface area contributed by atoms with E-state index in [9.17, 15) is 53.5 Å². The zero-order valence-electron chi connectivity index (χ0n) is 35.6. The van der Waals surface area contributed by atoms with Gasteiger partial charge in [-0.15, -0.1) is 0 Å². The Labute approximate surface area is 439 Å². The summed E-state index contributed by atoms with van der Waals surface area (Å²) in [4.78, 5) is 108. The van der Waals surface area contributed by atoms with E-state index >= 15 is 0 Å². The van der Waals surface area contributed by atoms with Gasteiger partial charge in [0.05, 0.1) is 81.9 Å². The number of hydrogen-bond acceptors (Lipinski definition) is 16. The molecule has 28 heteroatoms. The van der Waals surface area contributed by atoms with Crippen molar-refractivity contribution in [3.05, 3.63) is 19.9 Å². The van der Waals surface area contributed by atoms with Gasteiger partial charge in [0.15, 0.2) is 0 Å². The molecular weight excluding hydrogens is 1460 g/mol. The summed E-state index contributed by atoms with van der Waals surface area (Å²) in [6.07, 6.45) is 5.51. The standard InChI is InChI=1S/2C10H16NO6.C9H12O3.C6H9NO4.CHI3.2HI.V/c2*1-16-8(12)3-4-10(11(14)15)5-7(6-10)9(13)17-2;10-7-1-2-9(5-7)3-6(4-9)8(11)12;1-11-6(8)4-2-5(3-4)7(9)10;2-1(3)4;;;/h2*7H,3-6H2,1-2H3,(H,14,15);6H,1-5H2,(H,11,12);4-5H,2-3H2,1H3;1H;2*1H;/q2*+1;;;;;;+2/p-2. The SMILES string of the molecule is COC(=O)C1CC([N+](=O)[O-])C1.COC(=O)CCC1([N+](=O)O)CC(C(=O)OC)C1.COC(=O)CCC1([N+](=O)O)CC(C(=O)OC)C1.IC(I)I.O=C1CCC2(C1)CC(C(=O)O)C2.[I][V][I]. The van der Waals surface area contributed by atoms with Crippen molar-refractivity contribution in [1.82, 2.24) is 0 Å². The molecule has 0 amide bonds. The molecule has 22 nitrogen and oxygen atoms in total. The Kier molecular flexibility index (Phi) is 30.6. The Morgan fingerprint density at radius 3 is 1.28 bits per heavy atom. The molecule has 365 valence electrons. The summed E-state index contributed by atoms with van der Waals surface area (Å²) < 4.78 is 23.2. The third kappa shape index (κ3) is 21.1. The van der Waals surface area contributed by atoms with Crippen LogP contribution >= 0.6 is 108 Å². The maximum absolute atomic E-state index is 11.2. The zero-order valence-corrected chi connectivity index (χ0v) is 47.8. The quantitative estimate of drug-likeness (QED) is 0.0435. The van der Waals surface area contributed by atoms with Crippen molar-refractivity contribution in [3.8, 4) is 0 Å². The molecule has 0 bridgehead atoms. The molecule has 5 saturated carbocycles. The number of carbonyl (C=O) groups is 7. The fourth-order valence-corrected chi connectivity index (χ4v) is 7.79. The Balaban J connectivity index is 0.000000796. The number of alkyl halides is 3. The summed E-state index contributed by atoms with van der Waals surface area (Å²) in [5.41, 5.74) is -2.01. The van der Waals surface area contributed by atoms with Gasteiger partial charge in [-0.25, -0.2) is 10.4 Å². The molecular formula is C36H54I5N3O19V+2. The van der Waals surface area contributed by atoms with Crippen molar-refractivity contribution in [2.75, 3.05) is 35.5 Å². The van der Waals surface area contributed by atoms with Gasteiger partial charge >= 0.3 is 85.2 Å². The van der Waals surface area contributed by atoms with Crippen LogP contribution in [0.4, 0.5) is 0 Å². The number of ketones is 1. The van der Waals surface area contributed by atoms with Gasteiger partial charge < -0.3 is 28.8 Å². The van der Waals surface area contributed by atoms with E-state index in [0.717, 1.165) is 19.2 Å². The predicted octanol–water partition coefficient (Wildman–Crippen LogP) is 6.64. The van der Waals surface area contributed by atoms with Crippen molar-refractivity contribution < 1.29 is 97.0 Å². The van der Waals surface area contributed by atoms with Gasteiger partial charge in [0.25, 0.3) is 11.1 Å². The number of methoxy groups -OCH3 is 5. The molecule has 0 aromatic heterocycles. The van der Waals surface area contributed by atoms with E-state index in [1.54, 1.807) is 0 Å². The Hall–Kier alpha value is -1.08. The number of ether oxygens (including phenoxy) is 5. The minimum absolute atomic E-state index is 0.0314. The average Bonchev–Trinajstić information content (AvgIpc) is 3.57. The first-order valence-corrected chi connectivity index (χ1v) is 32.0. The molecule has 64 heavy (non-hydrogen) atoms. The molecule has 0 heterocycles. The molecule has 0 aromatic carbocycles. The van der Waals surface area contributed by atoms with Gasteiger partial charge in [0.1, 0.15) is 5.72 Å². The van der Waals surface area contributed by atoms with Gasteiger partial charge in [-0.3, -0.25) is 43.7 Å². The molecule has 3 N–H and O–H groups in total. The molecule has 0 aliphatic heterocycles. The van der Waals surface area contributed by atoms with Crippen LogP contribution in [-0.2, 0) is 66.7 Å². The maximum atomic E-state index is 11.2. The molecule has 5 fully saturated rings. The number of esters is 5. The van der Waals surface area contributed by atoms with Crippen LogP contribution < -0.4 is 0 Å². The van der Waals surface area contributed by atoms with Crippen molar-refractivity contribution in [2.45, 2.75) is 113 Å². The number of aliphatic carboxylic acids is 1. The van der Waals surface area contributed by atoms with Gasteiger partial charge in [-0.05, 0) is 24.7 Å². The normalized spacial score (nSPS) is 27.5. The van der Waals surface area contributed by atoms with E-state index in [1.807, 2.05) is 0 Å². The third-order valence-corrected chi connectivity index (χ3v) is 11.6. The van der Waals surface area contributed by atoms with E-state index in [1.165, 1.54) is 35.5 Å². The molecule has 0 saturated heterocycles. The van der Waals surface area contributed by atoms with E-state index in [2.05, 4.69) is 131 Å². The first kappa shape index (κ1) is 62.9. The van der Waals surface area contributed by atoms with E-state index in [4.69, 9.17) is 15.5 Å². The first-order valence-electron chi connectivity index (χ1n) is 19.2. The second kappa shape index (κ2) is 31.1.